The van der Waals surface area contributed by atoms with E-state index in [2.05, 4.69) is 10.2 Å². The molecule has 3 N–H and O–H groups in total. The fourth-order valence-electron chi connectivity index (χ4n) is 3.31. The Kier molecular flexibility index (Phi) is 9.92. The first-order valence-corrected chi connectivity index (χ1v) is 8.68. The summed E-state index contributed by atoms with van der Waals surface area (Å²) in [6, 6.07) is 3.95. The van der Waals surface area contributed by atoms with Crippen LogP contribution in [0.3, 0.4) is 0 Å². The molecule has 3 atom stereocenters. The van der Waals surface area contributed by atoms with Crippen LogP contribution >= 0.6 is 24.8 Å². The summed E-state index contributed by atoms with van der Waals surface area (Å²) in [6.45, 7) is 5.95. The predicted molar refractivity (Wildman–Crippen MR) is 103 cm³/mol. The van der Waals surface area contributed by atoms with Gasteiger partial charge < -0.3 is 24.9 Å². The van der Waals surface area contributed by atoms with Crippen molar-refractivity contribution in [1.29, 1.82) is 0 Å². The molecule has 9 heteroatoms. The first-order chi connectivity index (χ1) is 11.7. The Bertz CT molecular complexity index is 552. The van der Waals surface area contributed by atoms with Crippen LogP contribution in [-0.4, -0.2) is 62.4 Å². The standard InChI is InChI=1S/C17H27N3O4.2ClH/c1-12-2-4-15(23-12)14(20-6-8-22-9-7-20)11-19-17(21)16-5-3-13(10-18)24-16;;/h2,4,13-14,16H,3,5-11,18H2,1H3,(H,19,21);2*1H/t13-,14?,16+;;/m1../s1. The summed E-state index contributed by atoms with van der Waals surface area (Å²) < 4.78 is 16.9. The number of amides is 1. The molecule has 0 spiro atoms. The number of aryl methyl sites for hydroxylation is 1. The molecule has 2 fully saturated rings. The van der Waals surface area contributed by atoms with Crippen LogP contribution in [0.4, 0.5) is 0 Å². The van der Waals surface area contributed by atoms with Crippen molar-refractivity contribution < 1.29 is 18.7 Å². The van der Waals surface area contributed by atoms with Crippen LogP contribution < -0.4 is 11.1 Å². The first-order valence-electron chi connectivity index (χ1n) is 8.68. The monoisotopic (exact) mass is 409 g/mol. The lowest BCUT2D eigenvalue weighted by Crippen LogP contribution is -2.45. The van der Waals surface area contributed by atoms with Gasteiger partial charge in [-0.3, -0.25) is 9.69 Å². The summed E-state index contributed by atoms with van der Waals surface area (Å²) in [4.78, 5) is 14.7. The summed E-state index contributed by atoms with van der Waals surface area (Å²) in [7, 11) is 0. The minimum atomic E-state index is -0.387. The highest BCUT2D eigenvalue weighted by molar-refractivity contribution is 5.85. The van der Waals surface area contributed by atoms with Gasteiger partial charge in [-0.2, -0.15) is 0 Å². The van der Waals surface area contributed by atoms with E-state index in [-0.39, 0.29) is 49.0 Å². The largest absolute Gasteiger partial charge is 0.465 e. The molecule has 1 aromatic heterocycles. The minimum Gasteiger partial charge on any atom is -0.465 e. The van der Waals surface area contributed by atoms with E-state index in [0.29, 0.717) is 26.3 Å². The second kappa shape index (κ2) is 11.1. The van der Waals surface area contributed by atoms with Gasteiger partial charge in [0.25, 0.3) is 0 Å². The number of hydrogen-bond acceptors (Lipinski definition) is 6. The zero-order valence-corrected chi connectivity index (χ0v) is 16.7. The van der Waals surface area contributed by atoms with Crippen molar-refractivity contribution >= 4 is 30.7 Å². The summed E-state index contributed by atoms with van der Waals surface area (Å²) in [5.41, 5.74) is 5.61. The number of halogens is 2. The number of hydrogen-bond donors (Lipinski definition) is 2. The van der Waals surface area contributed by atoms with E-state index < -0.39 is 0 Å². The Hall–Kier alpha value is -0.830. The predicted octanol–water partition coefficient (Wildman–Crippen LogP) is 1.43. The molecule has 0 aromatic carbocycles. The van der Waals surface area contributed by atoms with E-state index in [4.69, 9.17) is 19.6 Å². The van der Waals surface area contributed by atoms with E-state index in [1.54, 1.807) is 0 Å². The Morgan fingerprint density at radius 2 is 2.04 bits per heavy atom. The van der Waals surface area contributed by atoms with Crippen molar-refractivity contribution in [3.63, 3.8) is 0 Å². The van der Waals surface area contributed by atoms with Crippen LogP contribution in [0, 0.1) is 6.92 Å². The maximum absolute atomic E-state index is 12.4. The van der Waals surface area contributed by atoms with E-state index in [1.807, 2.05) is 19.1 Å². The van der Waals surface area contributed by atoms with Gasteiger partial charge in [0.2, 0.25) is 5.91 Å². The lowest BCUT2D eigenvalue weighted by molar-refractivity contribution is -0.132. The van der Waals surface area contributed by atoms with Crippen molar-refractivity contribution in [2.45, 2.75) is 38.0 Å². The molecule has 150 valence electrons. The van der Waals surface area contributed by atoms with E-state index >= 15 is 0 Å². The van der Waals surface area contributed by atoms with Crippen molar-refractivity contribution in [2.24, 2.45) is 5.73 Å². The lowest BCUT2D eigenvalue weighted by Gasteiger charge is -2.33. The second-order valence-electron chi connectivity index (χ2n) is 6.42. The quantitative estimate of drug-likeness (QED) is 0.738. The van der Waals surface area contributed by atoms with Gasteiger partial charge in [0.15, 0.2) is 0 Å². The summed E-state index contributed by atoms with van der Waals surface area (Å²) in [5.74, 6) is 1.69. The summed E-state index contributed by atoms with van der Waals surface area (Å²) in [6.07, 6.45) is 1.19. The molecule has 1 aromatic rings. The van der Waals surface area contributed by atoms with Gasteiger partial charge in [-0.05, 0) is 31.9 Å². The number of nitrogens with two attached hydrogens (primary N) is 1. The molecule has 3 heterocycles. The van der Waals surface area contributed by atoms with Gasteiger partial charge in [0.05, 0.1) is 25.4 Å². The average molecular weight is 410 g/mol. The molecule has 2 aliphatic rings. The Morgan fingerprint density at radius 1 is 1.31 bits per heavy atom. The van der Waals surface area contributed by atoms with Crippen LogP contribution in [0.1, 0.15) is 30.4 Å². The lowest BCUT2D eigenvalue weighted by atomic mass is 10.1. The highest BCUT2D eigenvalue weighted by atomic mass is 35.5. The van der Waals surface area contributed by atoms with Gasteiger partial charge in [0, 0.05) is 26.2 Å². The number of ether oxygens (including phenoxy) is 2. The van der Waals surface area contributed by atoms with Crippen LogP contribution in [0.25, 0.3) is 0 Å². The molecular formula is C17H29Cl2N3O4. The Morgan fingerprint density at radius 3 is 2.62 bits per heavy atom. The molecule has 0 bridgehead atoms. The highest BCUT2D eigenvalue weighted by Gasteiger charge is 2.31. The molecule has 26 heavy (non-hydrogen) atoms. The third kappa shape index (κ3) is 5.84. The smallest absolute Gasteiger partial charge is 0.249 e. The van der Waals surface area contributed by atoms with Crippen LogP contribution in [0.2, 0.25) is 0 Å². The molecule has 0 radical (unpaired) electrons. The Balaban J connectivity index is 0.00000169. The third-order valence-corrected chi connectivity index (χ3v) is 4.71. The molecule has 1 amide bonds. The van der Waals surface area contributed by atoms with Gasteiger partial charge in [-0.25, -0.2) is 0 Å². The maximum Gasteiger partial charge on any atom is 0.249 e. The molecule has 0 aliphatic carbocycles. The molecular weight excluding hydrogens is 381 g/mol. The molecule has 2 aliphatic heterocycles. The zero-order chi connectivity index (χ0) is 16.9. The van der Waals surface area contributed by atoms with Crippen molar-refractivity contribution in [3.05, 3.63) is 23.7 Å². The SMILES string of the molecule is Cc1ccc(C(CNC(=O)[C@@H]2CC[C@H](CN)O2)N2CCOCC2)o1.Cl.Cl. The number of morpholine rings is 1. The molecule has 7 nitrogen and oxygen atoms in total. The zero-order valence-electron chi connectivity index (χ0n) is 15.0. The Labute approximate surface area is 166 Å². The van der Waals surface area contributed by atoms with Crippen molar-refractivity contribution in [3.8, 4) is 0 Å². The van der Waals surface area contributed by atoms with E-state index in [0.717, 1.165) is 37.5 Å². The van der Waals surface area contributed by atoms with Gasteiger partial charge in [-0.1, -0.05) is 0 Å². The number of nitrogens with one attached hydrogen (secondary N) is 1. The van der Waals surface area contributed by atoms with Gasteiger partial charge in [0.1, 0.15) is 17.6 Å². The normalized spacial score (nSPS) is 24.4. The van der Waals surface area contributed by atoms with Gasteiger partial charge >= 0.3 is 0 Å². The maximum atomic E-state index is 12.4. The molecule has 0 saturated carbocycles. The van der Waals surface area contributed by atoms with Crippen molar-refractivity contribution in [2.75, 3.05) is 39.4 Å². The highest BCUT2D eigenvalue weighted by Crippen LogP contribution is 2.24. The van der Waals surface area contributed by atoms with Gasteiger partial charge in [-0.15, -0.1) is 24.8 Å². The number of furan rings is 1. The van der Waals surface area contributed by atoms with E-state index in [1.165, 1.54) is 0 Å². The fourth-order valence-corrected chi connectivity index (χ4v) is 3.31. The second-order valence-corrected chi connectivity index (χ2v) is 6.42. The average Bonchev–Trinajstić information content (AvgIpc) is 3.25. The molecule has 3 rings (SSSR count). The van der Waals surface area contributed by atoms with Crippen molar-refractivity contribution in [1.82, 2.24) is 10.2 Å². The summed E-state index contributed by atoms with van der Waals surface area (Å²) in [5, 5.41) is 3.03. The minimum absolute atomic E-state index is 0. The van der Waals surface area contributed by atoms with Crippen LogP contribution in [0.5, 0.6) is 0 Å². The summed E-state index contributed by atoms with van der Waals surface area (Å²) >= 11 is 0. The van der Waals surface area contributed by atoms with E-state index in [9.17, 15) is 4.79 Å². The molecule has 2 saturated heterocycles. The third-order valence-electron chi connectivity index (χ3n) is 4.71. The number of carbonyl (C=O) groups excluding carboxylic acids is 1. The number of rotatable bonds is 6. The van der Waals surface area contributed by atoms with Crippen LogP contribution in [0.15, 0.2) is 16.5 Å². The first kappa shape index (κ1) is 23.2. The van der Waals surface area contributed by atoms with Crippen LogP contribution in [-0.2, 0) is 14.3 Å². The number of carbonyl (C=O) groups is 1. The number of nitrogens with zero attached hydrogens (tertiary/aromatic N) is 1. The topological polar surface area (TPSA) is 90.0 Å². The molecule has 1 unspecified atom stereocenters. The fraction of sp³-hybridized carbons (Fsp3) is 0.706.